The van der Waals surface area contributed by atoms with Crippen molar-refractivity contribution in [3.8, 4) is 5.69 Å². The van der Waals surface area contributed by atoms with Crippen molar-refractivity contribution < 1.29 is 4.39 Å². The number of rotatable bonds is 4. The lowest BCUT2D eigenvalue weighted by Gasteiger charge is -2.12. The van der Waals surface area contributed by atoms with Crippen molar-refractivity contribution in [3.63, 3.8) is 0 Å². The molecule has 5 nitrogen and oxygen atoms in total. The fraction of sp³-hybridized carbons (Fsp3) is 0.261. The van der Waals surface area contributed by atoms with E-state index >= 15 is 0 Å². The van der Waals surface area contributed by atoms with E-state index in [-0.39, 0.29) is 11.4 Å². The Balaban J connectivity index is 1.71. The predicted octanol–water partition coefficient (Wildman–Crippen LogP) is 4.26. The topological polar surface area (TPSA) is 52.7 Å². The third kappa shape index (κ3) is 3.14. The molecule has 2 aromatic heterocycles. The van der Waals surface area contributed by atoms with Gasteiger partial charge in [0.1, 0.15) is 11.3 Å². The van der Waals surface area contributed by atoms with Crippen molar-refractivity contribution in [2.24, 2.45) is 0 Å². The van der Waals surface area contributed by atoms with Gasteiger partial charge in [-0.25, -0.2) is 13.8 Å². The number of halogens is 1. The van der Waals surface area contributed by atoms with Crippen LogP contribution in [-0.2, 0) is 6.54 Å². The van der Waals surface area contributed by atoms with E-state index in [1.165, 1.54) is 12.1 Å². The first-order chi connectivity index (χ1) is 14.0. The van der Waals surface area contributed by atoms with Crippen LogP contribution in [0, 0.1) is 19.7 Å². The minimum absolute atomic E-state index is 0.188. The quantitative estimate of drug-likeness (QED) is 0.525. The smallest absolute Gasteiger partial charge is 0.265 e. The summed E-state index contributed by atoms with van der Waals surface area (Å²) in [4.78, 5) is 13.4. The van der Waals surface area contributed by atoms with Crippen LogP contribution in [0.2, 0.25) is 0 Å². The summed E-state index contributed by atoms with van der Waals surface area (Å²) >= 11 is 0. The summed E-state index contributed by atoms with van der Waals surface area (Å²) in [5, 5.41) is 9.98. The normalized spacial score (nSPS) is 13.9. The number of aromatic nitrogens is 4. The van der Waals surface area contributed by atoms with E-state index in [2.05, 4.69) is 23.3 Å². The van der Waals surface area contributed by atoms with E-state index < -0.39 is 0 Å². The average Bonchev–Trinajstić information content (AvgIpc) is 3.45. The SMILES string of the molecule is Cc1ccc(C)c(Cn2nc(C3CC3)c3cnn(-c4ccc(F)cc4)c3c2=O)c1. The van der Waals surface area contributed by atoms with Gasteiger partial charge in [0.2, 0.25) is 0 Å². The van der Waals surface area contributed by atoms with E-state index in [1.54, 1.807) is 27.7 Å². The summed E-state index contributed by atoms with van der Waals surface area (Å²) in [7, 11) is 0. The molecule has 2 heterocycles. The molecule has 1 aliphatic carbocycles. The van der Waals surface area contributed by atoms with Crippen molar-refractivity contribution >= 4 is 10.9 Å². The first kappa shape index (κ1) is 17.8. The Morgan fingerprint density at radius 3 is 2.59 bits per heavy atom. The Bertz CT molecular complexity index is 1280. The molecular weight excluding hydrogens is 367 g/mol. The van der Waals surface area contributed by atoms with E-state index in [0.29, 0.717) is 23.7 Å². The van der Waals surface area contributed by atoms with Crippen LogP contribution in [0.1, 0.15) is 41.1 Å². The van der Waals surface area contributed by atoms with Crippen LogP contribution >= 0.6 is 0 Å². The van der Waals surface area contributed by atoms with Crippen molar-refractivity contribution in [2.75, 3.05) is 0 Å². The van der Waals surface area contributed by atoms with Gasteiger partial charge in [0.15, 0.2) is 0 Å². The van der Waals surface area contributed by atoms with Gasteiger partial charge in [0.25, 0.3) is 5.56 Å². The molecule has 0 N–H and O–H groups in total. The predicted molar refractivity (Wildman–Crippen MR) is 110 cm³/mol. The zero-order valence-electron chi connectivity index (χ0n) is 16.4. The van der Waals surface area contributed by atoms with Crippen LogP contribution in [0.15, 0.2) is 53.5 Å². The summed E-state index contributed by atoms with van der Waals surface area (Å²) in [6, 6.07) is 12.2. The molecule has 0 spiro atoms. The van der Waals surface area contributed by atoms with Crippen LogP contribution in [0.25, 0.3) is 16.6 Å². The maximum Gasteiger partial charge on any atom is 0.293 e. The Labute approximate surface area is 167 Å². The second-order valence-electron chi connectivity index (χ2n) is 7.85. The summed E-state index contributed by atoms with van der Waals surface area (Å²) < 4.78 is 16.5. The Hall–Kier alpha value is -3.28. The van der Waals surface area contributed by atoms with Crippen LogP contribution in [-0.4, -0.2) is 19.6 Å². The van der Waals surface area contributed by atoms with Gasteiger partial charge in [-0.3, -0.25) is 4.79 Å². The largest absolute Gasteiger partial charge is 0.293 e. The second-order valence-corrected chi connectivity index (χ2v) is 7.85. The van der Waals surface area contributed by atoms with E-state index in [9.17, 15) is 9.18 Å². The number of benzene rings is 2. The van der Waals surface area contributed by atoms with Gasteiger partial charge in [-0.05, 0) is 62.1 Å². The van der Waals surface area contributed by atoms with Gasteiger partial charge in [0.05, 0.1) is 24.1 Å². The molecule has 0 amide bonds. The number of nitrogens with zero attached hydrogens (tertiary/aromatic N) is 4. The van der Waals surface area contributed by atoms with Gasteiger partial charge in [-0.2, -0.15) is 10.2 Å². The first-order valence-electron chi connectivity index (χ1n) is 9.82. The van der Waals surface area contributed by atoms with Crippen molar-refractivity contribution in [2.45, 2.75) is 39.2 Å². The van der Waals surface area contributed by atoms with Crippen molar-refractivity contribution in [1.82, 2.24) is 19.6 Å². The fourth-order valence-electron chi connectivity index (χ4n) is 3.77. The van der Waals surface area contributed by atoms with Gasteiger partial charge in [0, 0.05) is 11.3 Å². The molecule has 0 atom stereocenters. The standard InChI is InChI=1S/C23H21FN4O/c1-14-3-4-15(2)17(11-14)13-27-23(29)22-20(21(26-27)16-5-6-16)12-25-28(22)19-9-7-18(24)8-10-19/h3-4,7-12,16H,5-6,13H2,1-2H3. The van der Waals surface area contributed by atoms with E-state index in [1.807, 2.05) is 13.8 Å². The maximum absolute atomic E-state index is 13.4. The minimum atomic E-state index is -0.321. The highest BCUT2D eigenvalue weighted by Gasteiger charge is 2.30. The van der Waals surface area contributed by atoms with E-state index in [4.69, 9.17) is 5.10 Å². The molecule has 29 heavy (non-hydrogen) atoms. The van der Waals surface area contributed by atoms with Crippen LogP contribution < -0.4 is 5.56 Å². The zero-order chi connectivity index (χ0) is 20.1. The molecule has 0 unspecified atom stereocenters. The van der Waals surface area contributed by atoms with Gasteiger partial charge in [-0.1, -0.05) is 23.8 Å². The molecule has 1 fully saturated rings. The Morgan fingerprint density at radius 1 is 1.10 bits per heavy atom. The molecule has 0 aliphatic heterocycles. The Morgan fingerprint density at radius 2 is 1.86 bits per heavy atom. The molecule has 0 saturated heterocycles. The summed E-state index contributed by atoms with van der Waals surface area (Å²) in [5.74, 6) is 0.0479. The highest BCUT2D eigenvalue weighted by atomic mass is 19.1. The highest BCUT2D eigenvalue weighted by Crippen LogP contribution is 2.41. The van der Waals surface area contributed by atoms with Gasteiger partial charge in [-0.15, -0.1) is 0 Å². The molecule has 5 rings (SSSR count). The lowest BCUT2D eigenvalue weighted by molar-refractivity contribution is 0.623. The molecular formula is C23H21FN4O. The number of hydrogen-bond acceptors (Lipinski definition) is 3. The minimum Gasteiger partial charge on any atom is -0.265 e. The molecule has 2 aromatic carbocycles. The fourth-order valence-corrected chi connectivity index (χ4v) is 3.77. The van der Waals surface area contributed by atoms with Crippen LogP contribution in [0.4, 0.5) is 4.39 Å². The molecule has 146 valence electrons. The molecule has 4 aromatic rings. The lowest BCUT2D eigenvalue weighted by atomic mass is 10.1. The van der Waals surface area contributed by atoms with Crippen LogP contribution in [0.3, 0.4) is 0 Å². The monoisotopic (exact) mass is 388 g/mol. The first-order valence-corrected chi connectivity index (χ1v) is 9.82. The Kier molecular flexibility index (Phi) is 4.08. The number of aryl methyl sites for hydroxylation is 2. The molecule has 6 heteroatoms. The summed E-state index contributed by atoms with van der Waals surface area (Å²) in [6.45, 7) is 4.50. The number of hydrogen-bond donors (Lipinski definition) is 0. The second kappa shape index (κ2) is 6.65. The van der Waals surface area contributed by atoms with Crippen molar-refractivity contribution in [1.29, 1.82) is 0 Å². The average molecular weight is 388 g/mol. The van der Waals surface area contributed by atoms with Crippen molar-refractivity contribution in [3.05, 3.63) is 87.2 Å². The molecule has 0 bridgehead atoms. The molecule has 1 aliphatic rings. The van der Waals surface area contributed by atoms with Gasteiger partial charge < -0.3 is 0 Å². The highest BCUT2D eigenvalue weighted by molar-refractivity contribution is 5.82. The van der Waals surface area contributed by atoms with Gasteiger partial charge >= 0.3 is 0 Å². The number of fused-ring (bicyclic) bond motifs is 1. The van der Waals surface area contributed by atoms with Crippen LogP contribution in [0.5, 0.6) is 0 Å². The third-order valence-electron chi connectivity index (χ3n) is 5.57. The third-order valence-corrected chi connectivity index (χ3v) is 5.57. The summed E-state index contributed by atoms with van der Waals surface area (Å²) in [5.41, 5.74) is 5.25. The zero-order valence-corrected chi connectivity index (χ0v) is 16.4. The molecule has 1 saturated carbocycles. The lowest BCUT2D eigenvalue weighted by Crippen LogP contribution is -2.26. The maximum atomic E-state index is 13.4. The summed E-state index contributed by atoms with van der Waals surface area (Å²) in [6.07, 6.45) is 3.86. The molecule has 0 radical (unpaired) electrons. The van der Waals surface area contributed by atoms with E-state index in [0.717, 1.165) is 40.6 Å².